The number of aryl methyl sites for hydroxylation is 1. The molecule has 2 rings (SSSR count). The van der Waals surface area contributed by atoms with E-state index in [0.717, 1.165) is 23.2 Å². The van der Waals surface area contributed by atoms with Crippen molar-refractivity contribution in [3.63, 3.8) is 0 Å². The molecule has 1 amide bonds. The number of amides is 1. The highest BCUT2D eigenvalue weighted by molar-refractivity contribution is 5.99. The van der Waals surface area contributed by atoms with E-state index < -0.39 is 0 Å². The Morgan fingerprint density at radius 1 is 1.14 bits per heavy atom. The van der Waals surface area contributed by atoms with Crippen molar-refractivity contribution in [3.05, 3.63) is 59.2 Å². The van der Waals surface area contributed by atoms with Gasteiger partial charge in [-0.3, -0.25) is 4.79 Å². The van der Waals surface area contributed by atoms with E-state index in [0.29, 0.717) is 12.1 Å². The number of phenols is 1. The second-order valence-electron chi connectivity index (χ2n) is 4.97. The number of rotatable bonds is 5. The first-order chi connectivity index (χ1) is 10.1. The molecule has 0 spiro atoms. The SMILES string of the molecule is CNc1cc(C)ccc1C(=O)NCCc1ccc(O)cc1. The zero-order chi connectivity index (χ0) is 15.2. The number of aromatic hydroxyl groups is 1. The average molecular weight is 284 g/mol. The highest BCUT2D eigenvalue weighted by Crippen LogP contribution is 2.17. The Bertz CT molecular complexity index is 621. The molecule has 21 heavy (non-hydrogen) atoms. The zero-order valence-electron chi connectivity index (χ0n) is 12.3. The molecule has 0 aromatic heterocycles. The van der Waals surface area contributed by atoms with E-state index in [4.69, 9.17) is 0 Å². The largest absolute Gasteiger partial charge is 0.508 e. The summed E-state index contributed by atoms with van der Waals surface area (Å²) < 4.78 is 0. The predicted molar refractivity (Wildman–Crippen MR) is 84.9 cm³/mol. The van der Waals surface area contributed by atoms with Gasteiger partial charge < -0.3 is 15.7 Å². The minimum absolute atomic E-state index is 0.0851. The fraction of sp³-hybridized carbons (Fsp3) is 0.235. The van der Waals surface area contributed by atoms with Crippen molar-refractivity contribution in [1.82, 2.24) is 5.32 Å². The van der Waals surface area contributed by atoms with Gasteiger partial charge in [0.1, 0.15) is 5.75 Å². The van der Waals surface area contributed by atoms with Gasteiger partial charge in [-0.15, -0.1) is 0 Å². The third kappa shape index (κ3) is 3.99. The van der Waals surface area contributed by atoms with Gasteiger partial charge in [-0.1, -0.05) is 18.2 Å². The van der Waals surface area contributed by atoms with Crippen LogP contribution in [0, 0.1) is 6.92 Å². The summed E-state index contributed by atoms with van der Waals surface area (Å²) in [6, 6.07) is 12.7. The summed E-state index contributed by atoms with van der Waals surface area (Å²) in [6.07, 6.45) is 0.729. The third-order valence-corrected chi connectivity index (χ3v) is 3.32. The molecule has 110 valence electrons. The molecule has 2 aromatic rings. The Labute approximate surface area is 124 Å². The van der Waals surface area contributed by atoms with Crippen LogP contribution in [0.25, 0.3) is 0 Å². The van der Waals surface area contributed by atoms with Crippen LogP contribution in [0.2, 0.25) is 0 Å². The fourth-order valence-electron chi connectivity index (χ4n) is 2.14. The molecule has 4 nitrogen and oxygen atoms in total. The highest BCUT2D eigenvalue weighted by Gasteiger charge is 2.10. The van der Waals surface area contributed by atoms with Crippen molar-refractivity contribution in [2.45, 2.75) is 13.3 Å². The van der Waals surface area contributed by atoms with E-state index in [1.54, 1.807) is 12.1 Å². The standard InChI is InChI=1S/C17H20N2O2/c1-12-3-8-15(16(11-12)18-2)17(21)19-10-9-13-4-6-14(20)7-5-13/h3-8,11,18,20H,9-10H2,1-2H3,(H,19,21). The van der Waals surface area contributed by atoms with Gasteiger partial charge in [0.15, 0.2) is 0 Å². The molecule has 0 unspecified atom stereocenters. The molecular formula is C17H20N2O2. The maximum Gasteiger partial charge on any atom is 0.253 e. The molecule has 0 aliphatic rings. The lowest BCUT2D eigenvalue weighted by molar-refractivity contribution is 0.0955. The molecule has 0 saturated heterocycles. The highest BCUT2D eigenvalue weighted by atomic mass is 16.3. The number of hydrogen-bond donors (Lipinski definition) is 3. The minimum atomic E-state index is -0.0851. The van der Waals surface area contributed by atoms with Crippen molar-refractivity contribution >= 4 is 11.6 Å². The maximum atomic E-state index is 12.2. The van der Waals surface area contributed by atoms with Gasteiger partial charge >= 0.3 is 0 Å². The molecule has 0 fully saturated rings. The Balaban J connectivity index is 1.94. The first kappa shape index (κ1) is 14.9. The molecule has 0 aliphatic heterocycles. The van der Waals surface area contributed by atoms with Crippen LogP contribution >= 0.6 is 0 Å². The number of benzene rings is 2. The lowest BCUT2D eigenvalue weighted by atomic mass is 10.1. The third-order valence-electron chi connectivity index (χ3n) is 3.32. The Kier molecular flexibility index (Phi) is 4.82. The molecule has 0 heterocycles. The molecule has 0 radical (unpaired) electrons. The van der Waals surface area contributed by atoms with Gasteiger partial charge in [0.05, 0.1) is 5.56 Å². The number of carbonyl (C=O) groups is 1. The van der Waals surface area contributed by atoms with Crippen LogP contribution in [0.15, 0.2) is 42.5 Å². The Hall–Kier alpha value is -2.49. The van der Waals surface area contributed by atoms with Gasteiger partial charge in [-0.2, -0.15) is 0 Å². The molecule has 4 heteroatoms. The predicted octanol–water partition coefficient (Wildman–Crippen LogP) is 2.71. The number of hydrogen-bond acceptors (Lipinski definition) is 3. The lowest BCUT2D eigenvalue weighted by Gasteiger charge is -2.11. The number of nitrogens with one attached hydrogen (secondary N) is 2. The van der Waals surface area contributed by atoms with Crippen molar-refractivity contribution in [2.24, 2.45) is 0 Å². The van der Waals surface area contributed by atoms with Gasteiger partial charge in [0.25, 0.3) is 5.91 Å². The Morgan fingerprint density at radius 3 is 2.52 bits per heavy atom. The van der Waals surface area contributed by atoms with Crippen LogP contribution in [0.3, 0.4) is 0 Å². The van der Waals surface area contributed by atoms with Gasteiger partial charge in [0.2, 0.25) is 0 Å². The lowest BCUT2D eigenvalue weighted by Crippen LogP contribution is -2.26. The van der Waals surface area contributed by atoms with Crippen molar-refractivity contribution < 1.29 is 9.90 Å². The van der Waals surface area contributed by atoms with Gasteiger partial charge in [0, 0.05) is 19.3 Å². The summed E-state index contributed by atoms with van der Waals surface area (Å²) in [6.45, 7) is 2.55. The van der Waals surface area contributed by atoms with E-state index in [9.17, 15) is 9.90 Å². The second kappa shape index (κ2) is 6.79. The topological polar surface area (TPSA) is 61.4 Å². The molecule has 0 aliphatic carbocycles. The first-order valence-corrected chi connectivity index (χ1v) is 6.94. The monoisotopic (exact) mass is 284 g/mol. The first-order valence-electron chi connectivity index (χ1n) is 6.94. The molecule has 0 bridgehead atoms. The van der Waals surface area contributed by atoms with Crippen LogP contribution in [0.5, 0.6) is 5.75 Å². The zero-order valence-corrected chi connectivity index (χ0v) is 12.3. The summed E-state index contributed by atoms with van der Waals surface area (Å²) >= 11 is 0. The summed E-state index contributed by atoms with van der Waals surface area (Å²) in [7, 11) is 1.81. The number of carbonyl (C=O) groups excluding carboxylic acids is 1. The maximum absolute atomic E-state index is 12.2. The molecule has 2 aromatic carbocycles. The van der Waals surface area contributed by atoms with E-state index in [1.165, 1.54) is 0 Å². The second-order valence-corrected chi connectivity index (χ2v) is 4.97. The van der Waals surface area contributed by atoms with Gasteiger partial charge in [-0.05, 0) is 48.7 Å². The van der Waals surface area contributed by atoms with E-state index >= 15 is 0 Å². The van der Waals surface area contributed by atoms with Crippen LogP contribution in [-0.4, -0.2) is 24.6 Å². The molecule has 3 N–H and O–H groups in total. The van der Waals surface area contributed by atoms with Gasteiger partial charge in [-0.25, -0.2) is 0 Å². The van der Waals surface area contributed by atoms with Crippen LogP contribution in [0.4, 0.5) is 5.69 Å². The fourth-order valence-corrected chi connectivity index (χ4v) is 2.14. The molecular weight excluding hydrogens is 264 g/mol. The smallest absolute Gasteiger partial charge is 0.253 e. The van der Waals surface area contributed by atoms with Crippen LogP contribution in [-0.2, 0) is 6.42 Å². The number of anilines is 1. The summed E-state index contributed by atoms with van der Waals surface area (Å²) in [5.41, 5.74) is 3.66. The molecule has 0 atom stereocenters. The average Bonchev–Trinajstić information content (AvgIpc) is 2.49. The molecule has 0 saturated carbocycles. The van der Waals surface area contributed by atoms with E-state index in [1.807, 2.05) is 44.3 Å². The van der Waals surface area contributed by atoms with E-state index in [2.05, 4.69) is 10.6 Å². The van der Waals surface area contributed by atoms with Crippen molar-refractivity contribution in [3.8, 4) is 5.75 Å². The summed E-state index contributed by atoms with van der Waals surface area (Å²) in [5, 5.41) is 15.2. The Morgan fingerprint density at radius 2 is 1.86 bits per heavy atom. The normalized spacial score (nSPS) is 10.2. The van der Waals surface area contributed by atoms with Crippen LogP contribution in [0.1, 0.15) is 21.5 Å². The quantitative estimate of drug-likeness (QED) is 0.791. The van der Waals surface area contributed by atoms with E-state index in [-0.39, 0.29) is 11.7 Å². The van der Waals surface area contributed by atoms with Crippen molar-refractivity contribution in [1.29, 1.82) is 0 Å². The van der Waals surface area contributed by atoms with Crippen molar-refractivity contribution in [2.75, 3.05) is 18.9 Å². The number of phenolic OH excluding ortho intramolecular Hbond substituents is 1. The summed E-state index contributed by atoms with van der Waals surface area (Å²) in [4.78, 5) is 12.2. The minimum Gasteiger partial charge on any atom is -0.508 e. The van der Waals surface area contributed by atoms with Crippen LogP contribution < -0.4 is 10.6 Å². The summed E-state index contributed by atoms with van der Waals surface area (Å²) in [5.74, 6) is 0.166.